The second-order valence-corrected chi connectivity index (χ2v) is 1.94. The summed E-state index contributed by atoms with van der Waals surface area (Å²) in [6.45, 7) is 0.923. The Kier molecular flexibility index (Phi) is 7.47. The van der Waals surface area contributed by atoms with Gasteiger partial charge in [-0.15, -0.1) is 0 Å². The molecular formula is C7H10N2O2. The highest BCUT2D eigenvalue weighted by Crippen LogP contribution is 1.95. The van der Waals surface area contributed by atoms with Crippen LogP contribution in [0.1, 0.15) is 19.3 Å². The second kappa shape index (κ2) is 8.58. The van der Waals surface area contributed by atoms with Crippen LogP contribution in [0.5, 0.6) is 0 Å². The highest BCUT2D eigenvalue weighted by atomic mass is 16.5. The maximum Gasteiger partial charge on any atom is 0.286 e. The van der Waals surface area contributed by atoms with E-state index in [1.807, 2.05) is 0 Å². The van der Waals surface area contributed by atoms with E-state index in [1.165, 1.54) is 0 Å². The predicted molar refractivity (Wildman–Crippen MR) is 37.0 cm³/mol. The molecule has 4 heteroatoms. The number of hydrogen-bond donors (Lipinski definition) is 0. The number of hydrogen-bond acceptors (Lipinski definition) is 4. The molecule has 0 bridgehead atoms. The molecule has 0 unspecified atom stereocenters. The Morgan fingerprint density at radius 1 is 0.818 bits per heavy atom. The topological polar surface area (TPSA) is 66.0 Å². The maximum absolute atomic E-state index is 7.97. The lowest BCUT2D eigenvalue weighted by atomic mass is 10.2. The first kappa shape index (κ1) is 9.58. The Labute approximate surface area is 65.9 Å². The van der Waals surface area contributed by atoms with Crippen molar-refractivity contribution in [1.82, 2.24) is 0 Å². The Morgan fingerprint density at radius 2 is 1.27 bits per heavy atom. The van der Waals surface area contributed by atoms with E-state index in [0.29, 0.717) is 13.2 Å². The number of nitriles is 2. The van der Waals surface area contributed by atoms with Gasteiger partial charge < -0.3 is 9.47 Å². The maximum atomic E-state index is 7.97. The van der Waals surface area contributed by atoms with Gasteiger partial charge in [-0.3, -0.25) is 0 Å². The molecule has 0 aliphatic rings. The minimum absolute atomic E-state index is 0.461. The zero-order valence-electron chi connectivity index (χ0n) is 6.25. The van der Waals surface area contributed by atoms with Gasteiger partial charge in [0.05, 0.1) is 0 Å². The molecule has 0 saturated heterocycles. The molecule has 60 valence electrons. The zero-order valence-corrected chi connectivity index (χ0v) is 6.25. The van der Waals surface area contributed by atoms with Crippen LogP contribution in [-0.4, -0.2) is 13.2 Å². The van der Waals surface area contributed by atoms with Gasteiger partial charge in [-0.25, -0.2) is 0 Å². The number of rotatable bonds is 6. The zero-order chi connectivity index (χ0) is 8.36. The van der Waals surface area contributed by atoms with Crippen molar-refractivity contribution in [3.8, 4) is 12.5 Å². The predicted octanol–water partition coefficient (Wildman–Crippen LogP) is 1.15. The van der Waals surface area contributed by atoms with Crippen molar-refractivity contribution in [1.29, 1.82) is 10.5 Å². The van der Waals surface area contributed by atoms with Gasteiger partial charge in [0.25, 0.3) is 12.5 Å². The summed E-state index contributed by atoms with van der Waals surface area (Å²) in [6, 6.07) is 0. The van der Waals surface area contributed by atoms with E-state index in [-0.39, 0.29) is 0 Å². The van der Waals surface area contributed by atoms with Gasteiger partial charge in [-0.1, -0.05) is 0 Å². The molecule has 0 amide bonds. The third-order valence-corrected chi connectivity index (χ3v) is 1.12. The van der Waals surface area contributed by atoms with Gasteiger partial charge in [0.1, 0.15) is 13.2 Å². The number of nitrogens with zero attached hydrogens (tertiary/aromatic N) is 2. The normalized spacial score (nSPS) is 7.82. The monoisotopic (exact) mass is 154 g/mol. The van der Waals surface area contributed by atoms with Crippen LogP contribution in [0.3, 0.4) is 0 Å². The summed E-state index contributed by atoms with van der Waals surface area (Å²) >= 11 is 0. The van der Waals surface area contributed by atoms with E-state index in [4.69, 9.17) is 10.5 Å². The molecule has 11 heavy (non-hydrogen) atoms. The van der Waals surface area contributed by atoms with Crippen molar-refractivity contribution >= 4 is 0 Å². The first-order valence-electron chi connectivity index (χ1n) is 3.43. The SMILES string of the molecule is N#COCCCCCOC#N. The molecule has 0 aliphatic heterocycles. The minimum Gasteiger partial charge on any atom is -0.428 e. The molecule has 0 aromatic heterocycles. The van der Waals surface area contributed by atoms with Crippen LogP contribution in [0.15, 0.2) is 0 Å². The summed E-state index contributed by atoms with van der Waals surface area (Å²) in [5, 5.41) is 15.9. The summed E-state index contributed by atoms with van der Waals surface area (Å²) < 4.78 is 8.88. The Balaban J connectivity index is 2.82. The highest BCUT2D eigenvalue weighted by Gasteiger charge is 1.89. The van der Waals surface area contributed by atoms with Crippen molar-refractivity contribution < 1.29 is 9.47 Å². The average Bonchev–Trinajstić information content (AvgIpc) is 2.03. The number of unbranched alkanes of at least 4 members (excludes halogenated alkanes) is 2. The van der Waals surface area contributed by atoms with E-state index in [0.717, 1.165) is 19.3 Å². The van der Waals surface area contributed by atoms with Gasteiger partial charge >= 0.3 is 0 Å². The third-order valence-electron chi connectivity index (χ3n) is 1.12. The molecule has 0 aromatic rings. The quantitative estimate of drug-likeness (QED) is 0.425. The van der Waals surface area contributed by atoms with Crippen molar-refractivity contribution in [2.75, 3.05) is 13.2 Å². The minimum atomic E-state index is 0.461. The smallest absolute Gasteiger partial charge is 0.286 e. The first-order valence-corrected chi connectivity index (χ1v) is 3.43. The molecule has 0 saturated carbocycles. The van der Waals surface area contributed by atoms with Gasteiger partial charge in [-0.2, -0.15) is 10.5 Å². The van der Waals surface area contributed by atoms with Crippen molar-refractivity contribution in [2.24, 2.45) is 0 Å². The largest absolute Gasteiger partial charge is 0.428 e. The van der Waals surface area contributed by atoms with Gasteiger partial charge in [0, 0.05) is 0 Å². The molecule has 0 atom stereocenters. The molecule has 0 N–H and O–H groups in total. The van der Waals surface area contributed by atoms with E-state index in [1.54, 1.807) is 12.5 Å². The van der Waals surface area contributed by atoms with Crippen LogP contribution < -0.4 is 0 Å². The van der Waals surface area contributed by atoms with Gasteiger partial charge in [0.2, 0.25) is 0 Å². The van der Waals surface area contributed by atoms with Crippen molar-refractivity contribution in [2.45, 2.75) is 19.3 Å². The fourth-order valence-corrected chi connectivity index (χ4v) is 0.617. The van der Waals surface area contributed by atoms with E-state index in [9.17, 15) is 0 Å². The Bertz CT molecular complexity index is 139. The summed E-state index contributed by atoms with van der Waals surface area (Å²) in [5.74, 6) is 0. The molecule has 0 spiro atoms. The molecular weight excluding hydrogens is 144 g/mol. The molecule has 0 rings (SSSR count). The van der Waals surface area contributed by atoms with Crippen LogP contribution in [0.2, 0.25) is 0 Å². The summed E-state index contributed by atoms with van der Waals surface area (Å²) in [5.41, 5.74) is 0. The van der Waals surface area contributed by atoms with E-state index < -0.39 is 0 Å². The molecule has 0 aromatic carbocycles. The summed E-state index contributed by atoms with van der Waals surface area (Å²) in [4.78, 5) is 0. The number of ether oxygens (including phenoxy) is 2. The van der Waals surface area contributed by atoms with Crippen LogP contribution in [-0.2, 0) is 9.47 Å². The lowest BCUT2D eigenvalue weighted by Crippen LogP contribution is -1.91. The van der Waals surface area contributed by atoms with E-state index >= 15 is 0 Å². The molecule has 0 fully saturated rings. The molecule has 0 radical (unpaired) electrons. The third kappa shape index (κ3) is 8.58. The van der Waals surface area contributed by atoms with Crippen LogP contribution in [0.25, 0.3) is 0 Å². The van der Waals surface area contributed by atoms with Crippen LogP contribution in [0, 0.1) is 23.0 Å². The Hall–Kier alpha value is -1.42. The summed E-state index contributed by atoms with van der Waals surface area (Å²) in [7, 11) is 0. The highest BCUT2D eigenvalue weighted by molar-refractivity contribution is 4.50. The van der Waals surface area contributed by atoms with E-state index in [2.05, 4.69) is 9.47 Å². The fourth-order valence-electron chi connectivity index (χ4n) is 0.617. The lowest BCUT2D eigenvalue weighted by Gasteiger charge is -1.96. The fraction of sp³-hybridized carbons (Fsp3) is 0.714. The second-order valence-electron chi connectivity index (χ2n) is 1.94. The average molecular weight is 154 g/mol. The van der Waals surface area contributed by atoms with Crippen molar-refractivity contribution in [3.63, 3.8) is 0 Å². The summed E-state index contributed by atoms with van der Waals surface area (Å²) in [6.07, 6.45) is 5.76. The Morgan fingerprint density at radius 3 is 1.64 bits per heavy atom. The van der Waals surface area contributed by atoms with Gasteiger partial charge in [-0.05, 0) is 19.3 Å². The van der Waals surface area contributed by atoms with Crippen LogP contribution >= 0.6 is 0 Å². The van der Waals surface area contributed by atoms with Crippen LogP contribution in [0.4, 0.5) is 0 Å². The van der Waals surface area contributed by atoms with Crippen molar-refractivity contribution in [3.05, 3.63) is 0 Å². The molecule has 4 nitrogen and oxygen atoms in total. The van der Waals surface area contributed by atoms with Gasteiger partial charge in [0.15, 0.2) is 0 Å². The molecule has 0 heterocycles. The molecule has 0 aliphatic carbocycles. The lowest BCUT2D eigenvalue weighted by molar-refractivity contribution is 0.237. The first-order chi connectivity index (χ1) is 5.41. The standard InChI is InChI=1S/C7H10N2O2/c8-6-10-4-2-1-3-5-11-7-9/h1-5H2.